The molecule has 0 unspecified atom stereocenters. The highest BCUT2D eigenvalue weighted by molar-refractivity contribution is 9.10. The number of carbonyl (C=O) groups excluding carboxylic acids is 1. The summed E-state index contributed by atoms with van der Waals surface area (Å²) >= 11 is 3.35. The molecule has 0 spiro atoms. The Morgan fingerprint density at radius 2 is 2.17 bits per heavy atom. The molecule has 0 bridgehead atoms. The van der Waals surface area contributed by atoms with Crippen molar-refractivity contribution in [3.63, 3.8) is 0 Å². The van der Waals surface area contributed by atoms with E-state index in [9.17, 15) is 4.79 Å². The molecule has 1 fully saturated rings. The standard InChI is InChI=1S/C10H9BrO/c11-9-3-4-10(7-1-2-7)8(5-9)6-12/h3-7H,1-2H2. The van der Waals surface area contributed by atoms with Gasteiger partial charge in [-0.1, -0.05) is 22.0 Å². The van der Waals surface area contributed by atoms with E-state index in [2.05, 4.69) is 15.9 Å². The molecule has 1 aromatic carbocycles. The van der Waals surface area contributed by atoms with Crippen molar-refractivity contribution in [2.45, 2.75) is 18.8 Å². The molecule has 1 aromatic rings. The fourth-order valence-electron chi connectivity index (χ4n) is 1.41. The second-order valence-electron chi connectivity index (χ2n) is 3.17. The lowest BCUT2D eigenvalue weighted by Gasteiger charge is -2.01. The van der Waals surface area contributed by atoms with Crippen LogP contribution in [0.4, 0.5) is 0 Å². The van der Waals surface area contributed by atoms with Crippen molar-refractivity contribution in [3.8, 4) is 0 Å². The first-order valence-corrected chi connectivity index (χ1v) is 4.85. The number of hydrogen-bond acceptors (Lipinski definition) is 1. The molecule has 1 aliphatic rings. The first-order valence-electron chi connectivity index (χ1n) is 4.06. The highest BCUT2D eigenvalue weighted by atomic mass is 79.9. The highest BCUT2D eigenvalue weighted by Crippen LogP contribution is 2.41. The van der Waals surface area contributed by atoms with Crippen LogP contribution in [0.3, 0.4) is 0 Å². The third-order valence-electron chi connectivity index (χ3n) is 2.19. The largest absolute Gasteiger partial charge is 0.298 e. The summed E-state index contributed by atoms with van der Waals surface area (Å²) < 4.78 is 0.981. The van der Waals surface area contributed by atoms with E-state index in [-0.39, 0.29) is 0 Å². The van der Waals surface area contributed by atoms with Gasteiger partial charge in [0, 0.05) is 10.0 Å². The summed E-state index contributed by atoms with van der Waals surface area (Å²) in [5.74, 6) is 0.651. The molecule has 0 N–H and O–H groups in total. The van der Waals surface area contributed by atoms with Crippen LogP contribution in [0.1, 0.15) is 34.7 Å². The van der Waals surface area contributed by atoms with Crippen LogP contribution in [-0.4, -0.2) is 6.29 Å². The molecule has 1 aliphatic carbocycles. The average molecular weight is 225 g/mol. The maximum Gasteiger partial charge on any atom is 0.150 e. The van der Waals surface area contributed by atoms with E-state index in [0.717, 1.165) is 16.3 Å². The summed E-state index contributed by atoms with van der Waals surface area (Å²) in [4.78, 5) is 10.7. The van der Waals surface area contributed by atoms with Gasteiger partial charge in [0.05, 0.1) is 0 Å². The highest BCUT2D eigenvalue weighted by Gasteiger charge is 2.25. The number of halogens is 1. The van der Waals surface area contributed by atoms with Crippen molar-refractivity contribution in [2.24, 2.45) is 0 Å². The maximum atomic E-state index is 10.7. The molecule has 0 heterocycles. The molecule has 0 saturated heterocycles. The van der Waals surface area contributed by atoms with Crippen LogP contribution < -0.4 is 0 Å². The monoisotopic (exact) mass is 224 g/mol. The number of carbonyl (C=O) groups is 1. The first kappa shape index (κ1) is 7.99. The van der Waals surface area contributed by atoms with Gasteiger partial charge in [0.2, 0.25) is 0 Å². The zero-order chi connectivity index (χ0) is 8.55. The lowest BCUT2D eigenvalue weighted by molar-refractivity contribution is 0.112. The van der Waals surface area contributed by atoms with Crippen LogP contribution in [-0.2, 0) is 0 Å². The van der Waals surface area contributed by atoms with Gasteiger partial charge in [-0.15, -0.1) is 0 Å². The molecule has 62 valence electrons. The van der Waals surface area contributed by atoms with Gasteiger partial charge in [0.25, 0.3) is 0 Å². The molecule has 0 amide bonds. The van der Waals surface area contributed by atoms with Crippen molar-refractivity contribution in [2.75, 3.05) is 0 Å². The minimum absolute atomic E-state index is 0.651. The van der Waals surface area contributed by atoms with Gasteiger partial charge in [0.15, 0.2) is 0 Å². The molecule has 0 aromatic heterocycles. The van der Waals surface area contributed by atoms with Gasteiger partial charge in [-0.3, -0.25) is 4.79 Å². The van der Waals surface area contributed by atoms with Crippen LogP contribution in [0.25, 0.3) is 0 Å². The molecule has 2 rings (SSSR count). The first-order chi connectivity index (χ1) is 5.81. The van der Waals surface area contributed by atoms with E-state index in [0.29, 0.717) is 5.92 Å². The molecule has 12 heavy (non-hydrogen) atoms. The van der Waals surface area contributed by atoms with E-state index in [1.165, 1.54) is 18.4 Å². The summed E-state index contributed by atoms with van der Waals surface area (Å²) in [7, 11) is 0. The van der Waals surface area contributed by atoms with Gasteiger partial charge < -0.3 is 0 Å². The molecular formula is C10H9BrO. The van der Waals surface area contributed by atoms with Crippen LogP contribution in [0.5, 0.6) is 0 Å². The van der Waals surface area contributed by atoms with Gasteiger partial charge in [0.1, 0.15) is 6.29 Å². The zero-order valence-corrected chi connectivity index (χ0v) is 8.17. The Bertz CT molecular complexity index is 316. The van der Waals surface area contributed by atoms with E-state index < -0.39 is 0 Å². The van der Waals surface area contributed by atoms with Gasteiger partial charge >= 0.3 is 0 Å². The van der Waals surface area contributed by atoms with Crippen molar-refractivity contribution in [1.82, 2.24) is 0 Å². The van der Waals surface area contributed by atoms with Crippen molar-refractivity contribution >= 4 is 22.2 Å². The Kier molecular flexibility index (Phi) is 2.01. The second-order valence-corrected chi connectivity index (χ2v) is 4.08. The predicted molar refractivity (Wildman–Crippen MR) is 51.5 cm³/mol. The SMILES string of the molecule is O=Cc1cc(Br)ccc1C1CC1. The van der Waals surface area contributed by atoms with Crippen LogP contribution in [0, 0.1) is 0 Å². The van der Waals surface area contributed by atoms with Gasteiger partial charge in [-0.2, -0.15) is 0 Å². The quantitative estimate of drug-likeness (QED) is 0.706. The van der Waals surface area contributed by atoms with E-state index >= 15 is 0 Å². The summed E-state index contributed by atoms with van der Waals surface area (Å²) in [6.45, 7) is 0. The van der Waals surface area contributed by atoms with Crippen molar-refractivity contribution in [3.05, 3.63) is 33.8 Å². The number of aldehydes is 1. The van der Waals surface area contributed by atoms with Crippen molar-refractivity contribution in [1.29, 1.82) is 0 Å². The number of benzene rings is 1. The lowest BCUT2D eigenvalue weighted by Crippen LogP contribution is -1.89. The van der Waals surface area contributed by atoms with Gasteiger partial charge in [-0.05, 0) is 36.5 Å². The van der Waals surface area contributed by atoms with Crippen LogP contribution in [0.2, 0.25) is 0 Å². The Morgan fingerprint density at radius 1 is 1.42 bits per heavy atom. The smallest absolute Gasteiger partial charge is 0.150 e. The van der Waals surface area contributed by atoms with Crippen LogP contribution >= 0.6 is 15.9 Å². The third kappa shape index (κ3) is 1.44. The molecule has 0 radical (unpaired) electrons. The molecule has 0 atom stereocenters. The summed E-state index contributed by atoms with van der Waals surface area (Å²) in [5.41, 5.74) is 2.06. The fourth-order valence-corrected chi connectivity index (χ4v) is 1.79. The summed E-state index contributed by atoms with van der Waals surface area (Å²) in [6, 6.07) is 5.94. The summed E-state index contributed by atoms with van der Waals surface area (Å²) in [6.07, 6.45) is 3.42. The minimum Gasteiger partial charge on any atom is -0.298 e. The average Bonchev–Trinajstić information content (AvgIpc) is 2.87. The normalized spacial score (nSPS) is 16.1. The zero-order valence-electron chi connectivity index (χ0n) is 6.59. The third-order valence-corrected chi connectivity index (χ3v) is 2.69. The fraction of sp³-hybridized carbons (Fsp3) is 0.300. The number of rotatable bonds is 2. The number of hydrogen-bond donors (Lipinski definition) is 0. The van der Waals surface area contributed by atoms with E-state index in [1.54, 1.807) is 0 Å². The molecule has 1 saturated carbocycles. The Hall–Kier alpha value is -0.630. The second kappa shape index (κ2) is 3.02. The predicted octanol–water partition coefficient (Wildman–Crippen LogP) is 3.14. The van der Waals surface area contributed by atoms with E-state index in [4.69, 9.17) is 0 Å². The maximum absolute atomic E-state index is 10.7. The lowest BCUT2D eigenvalue weighted by atomic mass is 10.0. The molecule has 2 heteroatoms. The molecular weight excluding hydrogens is 216 g/mol. The van der Waals surface area contributed by atoms with Crippen LogP contribution in [0.15, 0.2) is 22.7 Å². The minimum atomic E-state index is 0.651. The van der Waals surface area contributed by atoms with Gasteiger partial charge in [-0.25, -0.2) is 0 Å². The Labute approximate surface area is 79.9 Å². The Balaban J connectivity index is 2.44. The van der Waals surface area contributed by atoms with Crippen molar-refractivity contribution < 1.29 is 4.79 Å². The molecule has 1 nitrogen and oxygen atoms in total. The molecule has 0 aliphatic heterocycles. The summed E-state index contributed by atoms with van der Waals surface area (Å²) in [5, 5.41) is 0. The Morgan fingerprint density at radius 3 is 2.75 bits per heavy atom. The topological polar surface area (TPSA) is 17.1 Å². The van der Waals surface area contributed by atoms with E-state index in [1.807, 2.05) is 18.2 Å².